The molecule has 18 heavy (non-hydrogen) atoms. The van der Waals surface area contributed by atoms with Crippen LogP contribution >= 0.6 is 15.9 Å². The molecule has 0 spiro atoms. The van der Waals surface area contributed by atoms with Crippen molar-refractivity contribution < 1.29 is 18.7 Å². The number of benzene rings is 1. The van der Waals surface area contributed by atoms with E-state index in [1.807, 2.05) is 0 Å². The molecule has 1 rings (SSSR count). The zero-order chi connectivity index (χ0) is 13.7. The molecule has 100 valence electrons. The number of urea groups is 1. The summed E-state index contributed by atoms with van der Waals surface area (Å²) in [6, 6.07) is 0.868. The number of hydrogen-bond acceptors (Lipinski definition) is 2. The minimum atomic E-state index is -0.880. The van der Waals surface area contributed by atoms with Crippen LogP contribution in [0, 0.1) is 11.6 Å². The lowest BCUT2D eigenvalue weighted by molar-refractivity contribution is 0.222. The minimum Gasteiger partial charge on any atom is -0.394 e. The number of carbonyl (C=O) groups is 1. The molecule has 0 fully saturated rings. The molecule has 2 amide bonds. The van der Waals surface area contributed by atoms with Crippen molar-refractivity contribution in [2.24, 2.45) is 0 Å². The van der Waals surface area contributed by atoms with Crippen LogP contribution in [0.1, 0.15) is 13.3 Å². The highest BCUT2D eigenvalue weighted by molar-refractivity contribution is 9.10. The molecule has 0 bridgehead atoms. The zero-order valence-corrected chi connectivity index (χ0v) is 11.2. The highest BCUT2D eigenvalue weighted by atomic mass is 79.9. The molecular formula is C11H13BrF2N2O2. The van der Waals surface area contributed by atoms with Crippen LogP contribution in [0.5, 0.6) is 0 Å². The molecule has 1 atom stereocenters. The lowest BCUT2D eigenvalue weighted by Crippen LogP contribution is -2.40. The Morgan fingerprint density at radius 1 is 1.44 bits per heavy atom. The Bertz CT molecular complexity index is 416. The maximum absolute atomic E-state index is 13.4. The molecule has 3 N–H and O–H groups in total. The summed E-state index contributed by atoms with van der Waals surface area (Å²) >= 11 is 2.93. The van der Waals surface area contributed by atoms with Gasteiger partial charge in [-0.25, -0.2) is 13.6 Å². The number of carbonyl (C=O) groups excluding carboxylic acids is 1. The van der Waals surface area contributed by atoms with E-state index in [4.69, 9.17) is 5.11 Å². The zero-order valence-electron chi connectivity index (χ0n) is 9.64. The second-order valence-electron chi connectivity index (χ2n) is 3.63. The molecule has 0 radical (unpaired) electrons. The Labute approximate surface area is 112 Å². The maximum atomic E-state index is 13.4. The smallest absolute Gasteiger partial charge is 0.319 e. The monoisotopic (exact) mass is 322 g/mol. The van der Waals surface area contributed by atoms with Crippen LogP contribution in [0.3, 0.4) is 0 Å². The molecule has 0 aliphatic carbocycles. The summed E-state index contributed by atoms with van der Waals surface area (Å²) in [7, 11) is 0. The van der Waals surface area contributed by atoms with Gasteiger partial charge in [0.2, 0.25) is 0 Å². The second-order valence-corrected chi connectivity index (χ2v) is 4.55. The van der Waals surface area contributed by atoms with Gasteiger partial charge in [0.25, 0.3) is 0 Å². The maximum Gasteiger partial charge on any atom is 0.319 e. The van der Waals surface area contributed by atoms with E-state index >= 15 is 0 Å². The van der Waals surface area contributed by atoms with Crippen molar-refractivity contribution >= 4 is 27.6 Å². The van der Waals surface area contributed by atoms with E-state index in [1.165, 1.54) is 0 Å². The minimum absolute atomic E-state index is 0.241. The van der Waals surface area contributed by atoms with E-state index in [2.05, 4.69) is 26.6 Å². The van der Waals surface area contributed by atoms with E-state index < -0.39 is 29.4 Å². The van der Waals surface area contributed by atoms with E-state index in [-0.39, 0.29) is 11.1 Å². The quantitative estimate of drug-likeness (QED) is 0.798. The summed E-state index contributed by atoms with van der Waals surface area (Å²) in [5, 5.41) is 13.4. The summed E-state index contributed by atoms with van der Waals surface area (Å²) in [5.74, 6) is -1.76. The van der Waals surface area contributed by atoms with Crippen LogP contribution in [0.2, 0.25) is 0 Å². The fraction of sp³-hybridized carbons (Fsp3) is 0.364. The number of anilines is 1. The first-order valence-corrected chi connectivity index (χ1v) is 6.10. The number of hydrogen-bond donors (Lipinski definition) is 3. The van der Waals surface area contributed by atoms with Gasteiger partial charge in [0.1, 0.15) is 5.69 Å². The summed E-state index contributed by atoms with van der Waals surface area (Å²) < 4.78 is 27.1. The Balaban J connectivity index is 2.76. The predicted molar refractivity (Wildman–Crippen MR) is 67.4 cm³/mol. The van der Waals surface area contributed by atoms with Gasteiger partial charge in [0, 0.05) is 4.47 Å². The van der Waals surface area contributed by atoms with E-state index in [0.717, 1.165) is 12.1 Å². The fourth-order valence-electron chi connectivity index (χ4n) is 1.27. The van der Waals surface area contributed by atoms with Crippen LogP contribution < -0.4 is 10.6 Å². The van der Waals surface area contributed by atoms with Gasteiger partial charge in [-0.1, -0.05) is 22.9 Å². The average molecular weight is 323 g/mol. The molecule has 0 aliphatic rings. The van der Waals surface area contributed by atoms with E-state index in [0.29, 0.717) is 6.42 Å². The topological polar surface area (TPSA) is 61.4 Å². The molecular weight excluding hydrogens is 310 g/mol. The molecule has 4 nitrogen and oxygen atoms in total. The van der Waals surface area contributed by atoms with Gasteiger partial charge >= 0.3 is 6.03 Å². The average Bonchev–Trinajstić information content (AvgIpc) is 2.30. The lowest BCUT2D eigenvalue weighted by Gasteiger charge is -2.15. The number of nitrogens with one attached hydrogen (secondary N) is 2. The van der Waals surface area contributed by atoms with Crippen LogP contribution in [0.15, 0.2) is 16.6 Å². The van der Waals surface area contributed by atoms with Crippen molar-refractivity contribution in [2.45, 2.75) is 19.4 Å². The van der Waals surface area contributed by atoms with Crippen molar-refractivity contribution in [1.82, 2.24) is 5.32 Å². The first-order chi connectivity index (χ1) is 8.47. The largest absolute Gasteiger partial charge is 0.394 e. The highest BCUT2D eigenvalue weighted by Crippen LogP contribution is 2.23. The molecule has 1 aromatic rings. The summed E-state index contributed by atoms with van der Waals surface area (Å²) in [6.45, 7) is 1.52. The fourth-order valence-corrected chi connectivity index (χ4v) is 1.68. The molecule has 0 heterocycles. The molecule has 1 aromatic carbocycles. The van der Waals surface area contributed by atoms with Gasteiger partial charge in [-0.15, -0.1) is 0 Å². The number of rotatable bonds is 4. The van der Waals surface area contributed by atoms with E-state index in [9.17, 15) is 13.6 Å². The third-order valence-corrected chi connectivity index (χ3v) is 2.75. The number of amides is 2. The van der Waals surface area contributed by atoms with Gasteiger partial charge < -0.3 is 15.7 Å². The summed E-state index contributed by atoms with van der Waals surface area (Å²) in [4.78, 5) is 11.5. The number of aliphatic hydroxyl groups excluding tert-OH is 1. The first-order valence-electron chi connectivity index (χ1n) is 5.30. The van der Waals surface area contributed by atoms with Crippen molar-refractivity contribution in [3.63, 3.8) is 0 Å². The van der Waals surface area contributed by atoms with Crippen molar-refractivity contribution in [3.05, 3.63) is 28.2 Å². The Hall–Kier alpha value is -1.21. The standard InChI is InChI=1S/C11H13BrF2N2O2/c1-2-7(5-17)15-11(18)16-10-8(13)3-6(12)4-9(10)14/h3-4,7,17H,2,5H2,1H3,(H2,15,16,18). The summed E-state index contributed by atoms with van der Waals surface area (Å²) in [6.07, 6.45) is 0.509. The molecule has 0 aromatic heterocycles. The van der Waals surface area contributed by atoms with Gasteiger partial charge in [-0.3, -0.25) is 0 Å². The molecule has 0 saturated heterocycles. The molecule has 7 heteroatoms. The highest BCUT2D eigenvalue weighted by Gasteiger charge is 2.15. The van der Waals surface area contributed by atoms with Crippen LogP contribution in [0.4, 0.5) is 19.3 Å². The van der Waals surface area contributed by atoms with Crippen LogP contribution in [-0.2, 0) is 0 Å². The van der Waals surface area contributed by atoms with Crippen molar-refractivity contribution in [1.29, 1.82) is 0 Å². The summed E-state index contributed by atoms with van der Waals surface area (Å²) in [5.41, 5.74) is -0.525. The van der Waals surface area contributed by atoms with Gasteiger partial charge in [0.05, 0.1) is 12.6 Å². The van der Waals surface area contributed by atoms with Crippen molar-refractivity contribution in [2.75, 3.05) is 11.9 Å². The third kappa shape index (κ3) is 3.92. The van der Waals surface area contributed by atoms with Crippen LogP contribution in [-0.4, -0.2) is 23.8 Å². The van der Waals surface area contributed by atoms with Gasteiger partial charge in [0.15, 0.2) is 11.6 Å². The lowest BCUT2D eigenvalue weighted by atomic mass is 10.2. The number of aliphatic hydroxyl groups is 1. The van der Waals surface area contributed by atoms with Crippen LogP contribution in [0.25, 0.3) is 0 Å². The number of halogens is 3. The third-order valence-electron chi connectivity index (χ3n) is 2.29. The molecule has 0 aliphatic heterocycles. The Morgan fingerprint density at radius 3 is 2.44 bits per heavy atom. The second kappa shape index (κ2) is 6.65. The normalized spacial score (nSPS) is 12.1. The SMILES string of the molecule is CCC(CO)NC(=O)Nc1c(F)cc(Br)cc1F. The predicted octanol–water partition coefficient (Wildman–Crippen LogP) is 2.62. The Morgan fingerprint density at radius 2 is 2.00 bits per heavy atom. The van der Waals surface area contributed by atoms with Gasteiger partial charge in [-0.05, 0) is 18.6 Å². The van der Waals surface area contributed by atoms with Crippen molar-refractivity contribution in [3.8, 4) is 0 Å². The molecule has 0 saturated carbocycles. The van der Waals surface area contributed by atoms with Gasteiger partial charge in [-0.2, -0.15) is 0 Å². The van der Waals surface area contributed by atoms with E-state index in [1.54, 1.807) is 6.92 Å². The Kier molecular flexibility index (Phi) is 5.49. The molecule has 1 unspecified atom stereocenters. The first kappa shape index (κ1) is 14.8.